The highest BCUT2D eigenvalue weighted by Gasteiger charge is 2.38. The van der Waals surface area contributed by atoms with Crippen molar-refractivity contribution in [3.63, 3.8) is 0 Å². The molecule has 0 N–H and O–H groups in total. The molecule has 6 rings (SSSR count). The highest BCUT2D eigenvalue weighted by Crippen LogP contribution is 2.40. The Labute approximate surface area is 398 Å². The zero-order valence-corrected chi connectivity index (χ0v) is 44.8. The van der Waals surface area contributed by atoms with Crippen molar-refractivity contribution in [2.24, 2.45) is 35.5 Å². The molecular weight excluding hydrogens is 747 g/mol. The van der Waals surface area contributed by atoms with E-state index in [4.69, 9.17) is 0 Å². The van der Waals surface area contributed by atoms with Crippen LogP contribution in [-0.2, 0) is 0 Å². The van der Waals surface area contributed by atoms with Crippen molar-refractivity contribution in [1.82, 2.24) is 4.90 Å². The first kappa shape index (κ1) is 83.2. The standard InChI is InChI=1S/C18H12.C10H21N.C9H18.2C3H8.7C2H6.4CH4/c1-2-8-14-13(7-1)15-9-3-4-11-17(15)18-12-6-5-10-16(14)18;1-6-11-9(4)7(2)8(3)10(11)5;1-6-5-7(2)9(4)8(6)3;2*1-3-2;7*1-2;;;;/h1-12H;7-10H,6H2,1-5H3;6-9H,5H2,1-4H3;2*3H2,1-2H3;7*1-2H3;4*1H4/t;7-,8+,9-,10+;6-,7+,8-,9+;;;;;;;;;;;;;. The highest BCUT2D eigenvalue weighted by molar-refractivity contribution is 6.25. The molecule has 1 saturated carbocycles. The van der Waals surface area contributed by atoms with Crippen LogP contribution in [-0.4, -0.2) is 23.5 Å². The number of likely N-dealkylation sites (tertiary alicyclic amines) is 1. The van der Waals surface area contributed by atoms with Gasteiger partial charge >= 0.3 is 0 Å². The minimum Gasteiger partial charge on any atom is -0.298 e. The summed E-state index contributed by atoms with van der Waals surface area (Å²) in [7, 11) is 0. The molecule has 62 heavy (non-hydrogen) atoms. The number of nitrogens with zero attached hydrogens (tertiary/aromatic N) is 1. The summed E-state index contributed by atoms with van der Waals surface area (Å²) in [5, 5.41) is 8.04. The fraction of sp³-hybridized carbons (Fsp3) is 0.705. The molecule has 0 unspecified atom stereocenters. The van der Waals surface area contributed by atoms with Gasteiger partial charge in [0.1, 0.15) is 0 Å². The molecule has 0 radical (unpaired) electrons. The lowest BCUT2D eigenvalue weighted by molar-refractivity contribution is 0.209. The van der Waals surface area contributed by atoms with Gasteiger partial charge in [-0.1, -0.05) is 288 Å². The second-order valence-corrected chi connectivity index (χ2v) is 14.0. The third-order valence-corrected chi connectivity index (χ3v) is 10.8. The van der Waals surface area contributed by atoms with E-state index in [2.05, 4.69) is 168 Å². The van der Waals surface area contributed by atoms with Crippen LogP contribution in [0.1, 0.15) is 236 Å². The van der Waals surface area contributed by atoms with Crippen LogP contribution in [0.3, 0.4) is 0 Å². The SMILES string of the molecule is C.C.C.C.CC.CC.CC.CC.CC.CC.CC.CCC.CCC.CCN1[C@H](C)[C@H](C)[C@H](C)[C@@H]1C.C[C@@H]1[C@H](C)[C@H](C)C[C@@H]1C.c1ccc2c(c1)c1ccccc1c1ccccc21. The van der Waals surface area contributed by atoms with Gasteiger partial charge in [-0.05, 0) is 94.6 Å². The predicted molar refractivity (Wildman–Crippen MR) is 308 cm³/mol. The Hall–Kier alpha value is -2.38. The van der Waals surface area contributed by atoms with Crippen LogP contribution in [0, 0.1) is 35.5 Å². The van der Waals surface area contributed by atoms with Crippen LogP contribution < -0.4 is 0 Å². The molecule has 1 nitrogen and oxygen atoms in total. The molecule has 1 heteroatoms. The molecule has 8 atom stereocenters. The van der Waals surface area contributed by atoms with Crippen LogP contribution in [0.2, 0.25) is 0 Å². The zero-order chi connectivity index (χ0) is 47.0. The lowest BCUT2D eigenvalue weighted by Crippen LogP contribution is -2.34. The van der Waals surface area contributed by atoms with Crippen molar-refractivity contribution in [3.05, 3.63) is 72.8 Å². The molecule has 1 aliphatic carbocycles. The molecular formula is C61H125N. The molecule has 4 aromatic rings. The average Bonchev–Trinajstić information content (AvgIpc) is 3.64. The normalized spacial score (nSPS) is 20.4. The monoisotopic (exact) mass is 872 g/mol. The van der Waals surface area contributed by atoms with E-state index in [1.54, 1.807) is 0 Å². The van der Waals surface area contributed by atoms with Crippen LogP contribution >= 0.6 is 0 Å². The number of hydrogen-bond donors (Lipinski definition) is 0. The van der Waals surface area contributed by atoms with Crippen molar-refractivity contribution in [3.8, 4) is 0 Å². The first-order chi connectivity index (χ1) is 28.0. The first-order valence-corrected chi connectivity index (χ1v) is 25.0. The van der Waals surface area contributed by atoms with E-state index in [1.165, 1.54) is 58.1 Å². The van der Waals surface area contributed by atoms with Gasteiger partial charge in [0.05, 0.1) is 0 Å². The summed E-state index contributed by atoms with van der Waals surface area (Å²) in [6.45, 7) is 59.0. The van der Waals surface area contributed by atoms with Gasteiger partial charge in [0.25, 0.3) is 0 Å². The Bertz CT molecular complexity index is 1120. The predicted octanol–water partition coefficient (Wildman–Crippen LogP) is 23.0. The molecule has 4 aromatic carbocycles. The molecule has 0 aromatic heterocycles. The van der Waals surface area contributed by atoms with Gasteiger partial charge in [-0.25, -0.2) is 0 Å². The Morgan fingerprint density at radius 3 is 0.597 bits per heavy atom. The van der Waals surface area contributed by atoms with E-state index in [1.807, 2.05) is 96.9 Å². The number of fused-ring (bicyclic) bond motifs is 6. The fourth-order valence-corrected chi connectivity index (χ4v) is 7.34. The van der Waals surface area contributed by atoms with E-state index in [0.29, 0.717) is 0 Å². The molecule has 2 aliphatic rings. The average molecular weight is 873 g/mol. The lowest BCUT2D eigenvalue weighted by Gasteiger charge is -2.25. The summed E-state index contributed by atoms with van der Waals surface area (Å²) in [6, 6.07) is 27.5. The molecule has 374 valence electrons. The second-order valence-electron chi connectivity index (χ2n) is 14.0. The molecule has 0 amide bonds. The fourth-order valence-electron chi connectivity index (χ4n) is 7.34. The van der Waals surface area contributed by atoms with Crippen molar-refractivity contribution in [2.75, 3.05) is 6.54 Å². The maximum Gasteiger partial charge on any atom is 0.00984 e. The molecule has 0 spiro atoms. The molecule has 0 bridgehead atoms. The van der Waals surface area contributed by atoms with Gasteiger partial charge < -0.3 is 0 Å². The first-order valence-electron chi connectivity index (χ1n) is 25.0. The minimum atomic E-state index is 0. The van der Waals surface area contributed by atoms with Crippen molar-refractivity contribution in [1.29, 1.82) is 0 Å². The lowest BCUT2D eigenvalue weighted by atomic mass is 9.92. The van der Waals surface area contributed by atoms with Gasteiger partial charge in [0.15, 0.2) is 0 Å². The van der Waals surface area contributed by atoms with Gasteiger partial charge in [-0.2, -0.15) is 0 Å². The van der Waals surface area contributed by atoms with E-state index >= 15 is 0 Å². The zero-order valence-electron chi connectivity index (χ0n) is 44.8. The van der Waals surface area contributed by atoms with Gasteiger partial charge in [0.2, 0.25) is 0 Å². The van der Waals surface area contributed by atoms with Crippen LogP contribution in [0.5, 0.6) is 0 Å². The summed E-state index contributed by atoms with van der Waals surface area (Å²) < 4.78 is 0. The largest absolute Gasteiger partial charge is 0.298 e. The van der Waals surface area contributed by atoms with Crippen LogP contribution in [0.4, 0.5) is 0 Å². The maximum absolute atomic E-state index is 2.61. The summed E-state index contributed by atoms with van der Waals surface area (Å²) >= 11 is 0. The van der Waals surface area contributed by atoms with Crippen LogP contribution in [0.15, 0.2) is 72.8 Å². The van der Waals surface area contributed by atoms with Crippen molar-refractivity contribution < 1.29 is 0 Å². The Morgan fingerprint density at radius 2 is 0.500 bits per heavy atom. The summed E-state index contributed by atoms with van der Waals surface area (Å²) in [5.74, 6) is 5.58. The van der Waals surface area contributed by atoms with Crippen molar-refractivity contribution in [2.45, 2.75) is 248 Å². The quantitative estimate of drug-likeness (QED) is 0.172. The number of rotatable bonds is 1. The molecule has 1 saturated heterocycles. The Balaban J connectivity index is -0.0000000681. The Kier molecular flexibility index (Phi) is 76.0. The number of benzene rings is 4. The maximum atomic E-state index is 2.61. The summed E-state index contributed by atoms with van der Waals surface area (Å²) in [4.78, 5) is 2.61. The van der Waals surface area contributed by atoms with Gasteiger partial charge in [0, 0.05) is 12.1 Å². The summed E-state index contributed by atoms with van der Waals surface area (Å²) in [5.41, 5.74) is 0. The molecule has 2 fully saturated rings. The number of hydrogen-bond acceptors (Lipinski definition) is 1. The van der Waals surface area contributed by atoms with Gasteiger partial charge in [-0.3, -0.25) is 4.90 Å². The molecule has 1 aliphatic heterocycles. The second kappa shape index (κ2) is 56.6. The van der Waals surface area contributed by atoms with E-state index in [9.17, 15) is 0 Å². The van der Waals surface area contributed by atoms with E-state index in [0.717, 1.165) is 47.6 Å². The molecule has 1 heterocycles. The smallest absolute Gasteiger partial charge is 0.00984 e. The summed E-state index contributed by atoms with van der Waals surface area (Å²) in [6.07, 6.45) is 3.95. The van der Waals surface area contributed by atoms with E-state index in [-0.39, 0.29) is 29.7 Å². The third-order valence-electron chi connectivity index (χ3n) is 10.8. The van der Waals surface area contributed by atoms with Crippen LogP contribution in [0.25, 0.3) is 32.3 Å². The topological polar surface area (TPSA) is 3.24 Å². The van der Waals surface area contributed by atoms with E-state index < -0.39 is 0 Å². The third kappa shape index (κ3) is 28.4. The minimum absolute atomic E-state index is 0. The van der Waals surface area contributed by atoms with Gasteiger partial charge in [-0.15, -0.1) is 0 Å². The Morgan fingerprint density at radius 1 is 0.339 bits per heavy atom. The highest BCUT2D eigenvalue weighted by atomic mass is 15.2. The van der Waals surface area contributed by atoms with Crippen molar-refractivity contribution >= 4 is 32.3 Å².